The van der Waals surface area contributed by atoms with E-state index >= 15 is 0 Å². The fourth-order valence-corrected chi connectivity index (χ4v) is 2.92. The van der Waals surface area contributed by atoms with Gasteiger partial charge in [-0.15, -0.1) is 0 Å². The van der Waals surface area contributed by atoms with Crippen LogP contribution in [0.15, 0.2) is 23.1 Å². The normalized spacial score (nSPS) is 15.2. The summed E-state index contributed by atoms with van der Waals surface area (Å²) >= 11 is 0. The van der Waals surface area contributed by atoms with Crippen LogP contribution in [0, 0.1) is 6.92 Å². The van der Waals surface area contributed by atoms with Crippen LogP contribution in [0.25, 0.3) is 0 Å². The van der Waals surface area contributed by atoms with Gasteiger partial charge in [0.05, 0.1) is 4.90 Å². The van der Waals surface area contributed by atoms with Gasteiger partial charge in [0, 0.05) is 24.7 Å². The van der Waals surface area contributed by atoms with Crippen molar-refractivity contribution < 1.29 is 13.2 Å². The summed E-state index contributed by atoms with van der Waals surface area (Å²) in [5.74, 6) is -0.630. The van der Waals surface area contributed by atoms with E-state index < -0.39 is 15.9 Å². The molecule has 1 aromatic carbocycles. The second kappa shape index (κ2) is 5.90. The summed E-state index contributed by atoms with van der Waals surface area (Å²) in [6.45, 7) is 2.63. The maximum Gasteiger partial charge on any atom is 0.249 e. The van der Waals surface area contributed by atoms with Crippen LogP contribution in [-0.4, -0.2) is 33.5 Å². The number of aryl methyl sites for hydroxylation is 1. The van der Waals surface area contributed by atoms with Crippen molar-refractivity contribution in [1.82, 2.24) is 10.0 Å². The smallest absolute Gasteiger partial charge is 0.249 e. The molecule has 0 bridgehead atoms. The van der Waals surface area contributed by atoms with Crippen LogP contribution >= 0.6 is 0 Å². The molecular weight excluding hydrogens is 278 g/mol. The number of hydrogen-bond acceptors (Lipinski definition) is 4. The number of amides is 1. The number of primary amides is 1. The molecule has 20 heavy (non-hydrogen) atoms. The van der Waals surface area contributed by atoms with Crippen molar-refractivity contribution in [1.29, 1.82) is 0 Å². The average Bonchev–Trinajstić information content (AvgIpc) is 3.18. The van der Waals surface area contributed by atoms with Crippen molar-refractivity contribution in [3.8, 4) is 0 Å². The van der Waals surface area contributed by atoms with Crippen LogP contribution in [-0.2, 0) is 10.0 Å². The van der Waals surface area contributed by atoms with Crippen LogP contribution in [0.2, 0.25) is 0 Å². The Balaban J connectivity index is 2.03. The molecule has 0 saturated heterocycles. The highest BCUT2D eigenvalue weighted by molar-refractivity contribution is 7.89. The monoisotopic (exact) mass is 297 g/mol. The maximum atomic E-state index is 12.1. The van der Waals surface area contributed by atoms with Crippen LogP contribution in [0.4, 0.5) is 0 Å². The number of carbonyl (C=O) groups excluding carboxylic acids is 1. The molecule has 6 nitrogen and oxygen atoms in total. The fraction of sp³-hybridized carbons (Fsp3) is 0.462. The number of nitrogens with one attached hydrogen (secondary N) is 2. The molecule has 0 spiro atoms. The van der Waals surface area contributed by atoms with Crippen LogP contribution in [0.1, 0.15) is 28.8 Å². The maximum absolute atomic E-state index is 12.1. The molecule has 1 aliphatic carbocycles. The van der Waals surface area contributed by atoms with Gasteiger partial charge < -0.3 is 11.1 Å². The first-order chi connectivity index (χ1) is 9.40. The summed E-state index contributed by atoms with van der Waals surface area (Å²) in [6, 6.07) is 4.91. The molecule has 0 aromatic heterocycles. The lowest BCUT2D eigenvalue weighted by molar-refractivity contribution is 0.0999. The zero-order chi connectivity index (χ0) is 14.8. The minimum Gasteiger partial charge on any atom is -0.366 e. The second-order valence-corrected chi connectivity index (χ2v) is 6.73. The van der Waals surface area contributed by atoms with Gasteiger partial charge in [-0.25, -0.2) is 13.1 Å². The summed E-state index contributed by atoms with van der Waals surface area (Å²) in [5, 5.41) is 3.22. The molecule has 0 radical (unpaired) electrons. The van der Waals surface area contributed by atoms with Crippen molar-refractivity contribution >= 4 is 15.9 Å². The van der Waals surface area contributed by atoms with Gasteiger partial charge >= 0.3 is 0 Å². The van der Waals surface area contributed by atoms with Gasteiger partial charge in [0.2, 0.25) is 15.9 Å². The van der Waals surface area contributed by atoms with Crippen LogP contribution in [0.5, 0.6) is 0 Å². The Hall–Kier alpha value is -1.44. The topological polar surface area (TPSA) is 101 Å². The lowest BCUT2D eigenvalue weighted by Gasteiger charge is -2.09. The highest BCUT2D eigenvalue weighted by Gasteiger charge is 2.20. The fourth-order valence-electron chi connectivity index (χ4n) is 1.87. The SMILES string of the molecule is Cc1ccc(S(=O)(=O)NCCNC2CC2)cc1C(N)=O. The number of carbonyl (C=O) groups is 1. The minimum atomic E-state index is -3.61. The number of nitrogens with two attached hydrogens (primary N) is 1. The predicted octanol–water partition coefficient (Wildman–Crippen LogP) is 0.124. The van der Waals surface area contributed by atoms with Crippen molar-refractivity contribution in [2.24, 2.45) is 5.73 Å². The van der Waals surface area contributed by atoms with Crippen molar-refractivity contribution in [2.45, 2.75) is 30.7 Å². The van der Waals surface area contributed by atoms with Gasteiger partial charge in [-0.3, -0.25) is 4.79 Å². The van der Waals surface area contributed by atoms with E-state index in [0.717, 1.165) is 12.8 Å². The zero-order valence-corrected chi connectivity index (χ0v) is 12.2. The van der Waals surface area contributed by atoms with Crippen molar-refractivity contribution in [3.63, 3.8) is 0 Å². The number of benzene rings is 1. The number of hydrogen-bond donors (Lipinski definition) is 3. The molecule has 1 fully saturated rings. The molecule has 1 aromatic rings. The molecule has 0 aliphatic heterocycles. The summed E-state index contributed by atoms with van der Waals surface area (Å²) in [6.07, 6.45) is 2.32. The van der Waals surface area contributed by atoms with E-state index in [2.05, 4.69) is 10.0 Å². The third-order valence-electron chi connectivity index (χ3n) is 3.21. The van der Waals surface area contributed by atoms with Gasteiger partial charge in [0.1, 0.15) is 0 Å². The molecule has 1 saturated carbocycles. The molecular formula is C13H19N3O3S. The van der Waals surface area contributed by atoms with Crippen molar-refractivity contribution in [3.05, 3.63) is 29.3 Å². The van der Waals surface area contributed by atoms with E-state index in [4.69, 9.17) is 5.73 Å². The molecule has 0 unspecified atom stereocenters. The van der Waals surface area contributed by atoms with E-state index in [0.29, 0.717) is 24.7 Å². The Morgan fingerprint density at radius 3 is 2.65 bits per heavy atom. The molecule has 1 aliphatic rings. The first kappa shape index (κ1) is 15.0. The minimum absolute atomic E-state index is 0.0586. The molecule has 110 valence electrons. The average molecular weight is 297 g/mol. The van der Waals surface area contributed by atoms with Gasteiger partial charge in [0.25, 0.3) is 0 Å². The molecule has 0 atom stereocenters. The van der Waals surface area contributed by atoms with Crippen LogP contribution in [0.3, 0.4) is 0 Å². The van der Waals surface area contributed by atoms with E-state index in [1.165, 1.54) is 12.1 Å². The van der Waals surface area contributed by atoms with E-state index in [1.54, 1.807) is 13.0 Å². The van der Waals surface area contributed by atoms with E-state index in [1.807, 2.05) is 0 Å². The largest absolute Gasteiger partial charge is 0.366 e. The van der Waals surface area contributed by atoms with E-state index in [9.17, 15) is 13.2 Å². The van der Waals surface area contributed by atoms with Crippen molar-refractivity contribution in [2.75, 3.05) is 13.1 Å². The lowest BCUT2D eigenvalue weighted by atomic mass is 10.1. The van der Waals surface area contributed by atoms with Gasteiger partial charge in [-0.1, -0.05) is 6.07 Å². The summed E-state index contributed by atoms with van der Waals surface area (Å²) < 4.78 is 26.7. The zero-order valence-electron chi connectivity index (χ0n) is 11.3. The third-order valence-corrected chi connectivity index (χ3v) is 4.67. The standard InChI is InChI=1S/C13H19N3O3S/c1-9-2-5-11(8-12(9)13(14)17)20(18,19)16-7-6-15-10-3-4-10/h2,5,8,10,15-16H,3-4,6-7H2,1H3,(H2,14,17). The number of rotatable bonds is 7. The Bertz CT molecular complexity index is 609. The quantitative estimate of drug-likeness (QED) is 0.622. The van der Waals surface area contributed by atoms with Gasteiger partial charge in [0.15, 0.2) is 0 Å². The Kier molecular flexibility index (Phi) is 4.42. The Morgan fingerprint density at radius 2 is 2.05 bits per heavy atom. The highest BCUT2D eigenvalue weighted by Crippen LogP contribution is 2.18. The van der Waals surface area contributed by atoms with Crippen LogP contribution < -0.4 is 15.8 Å². The Labute approximate surface area is 118 Å². The molecule has 2 rings (SSSR count). The molecule has 4 N–H and O–H groups in total. The lowest BCUT2D eigenvalue weighted by Crippen LogP contribution is -2.32. The second-order valence-electron chi connectivity index (χ2n) is 4.97. The number of sulfonamides is 1. The first-order valence-corrected chi connectivity index (χ1v) is 8.02. The summed E-state index contributed by atoms with van der Waals surface area (Å²) in [4.78, 5) is 11.3. The summed E-state index contributed by atoms with van der Waals surface area (Å²) in [5.41, 5.74) is 6.11. The summed E-state index contributed by atoms with van der Waals surface area (Å²) in [7, 11) is -3.61. The molecule has 1 amide bonds. The van der Waals surface area contributed by atoms with Gasteiger partial charge in [-0.05, 0) is 37.5 Å². The predicted molar refractivity (Wildman–Crippen MR) is 75.9 cm³/mol. The van der Waals surface area contributed by atoms with E-state index in [-0.39, 0.29) is 10.5 Å². The first-order valence-electron chi connectivity index (χ1n) is 6.53. The highest BCUT2D eigenvalue weighted by atomic mass is 32.2. The van der Waals surface area contributed by atoms with Gasteiger partial charge in [-0.2, -0.15) is 0 Å². The third kappa shape index (κ3) is 3.78. The molecule has 7 heteroatoms. The Morgan fingerprint density at radius 1 is 1.35 bits per heavy atom. The molecule has 0 heterocycles.